The van der Waals surface area contributed by atoms with Crippen LogP contribution in [0.3, 0.4) is 0 Å². The molecule has 0 saturated carbocycles. The molecule has 1 fully saturated rings. The first kappa shape index (κ1) is 28.9. The Kier molecular flexibility index (Phi) is 20.2. The Morgan fingerprint density at radius 3 is 1.90 bits per heavy atom. The Morgan fingerprint density at radius 2 is 1.32 bits per heavy atom. The third-order valence-electron chi connectivity index (χ3n) is 6.91. The summed E-state index contributed by atoms with van der Waals surface area (Å²) in [6.07, 6.45) is 26.5. The second-order valence-electron chi connectivity index (χ2n) is 10.0. The fourth-order valence-electron chi connectivity index (χ4n) is 4.85. The largest absolute Gasteiger partial charge is 0.393 e. The van der Waals surface area contributed by atoms with E-state index in [1.165, 1.54) is 103 Å². The van der Waals surface area contributed by atoms with Crippen LogP contribution in [-0.4, -0.2) is 30.7 Å². The summed E-state index contributed by atoms with van der Waals surface area (Å²) in [6.45, 7) is 6.19. The van der Waals surface area contributed by atoms with E-state index < -0.39 is 0 Å². The van der Waals surface area contributed by atoms with Gasteiger partial charge in [0.05, 0.1) is 6.10 Å². The van der Waals surface area contributed by atoms with Gasteiger partial charge >= 0.3 is 0 Å². The monoisotopic (exact) mass is 440 g/mol. The molecule has 3 heteroatoms. The van der Waals surface area contributed by atoms with Crippen LogP contribution < -0.4 is 0 Å². The predicted molar refractivity (Wildman–Crippen MR) is 133 cm³/mol. The van der Waals surface area contributed by atoms with Crippen LogP contribution in [0.2, 0.25) is 0 Å². The fourth-order valence-corrected chi connectivity index (χ4v) is 4.85. The van der Waals surface area contributed by atoms with Crippen molar-refractivity contribution < 1.29 is 14.6 Å². The van der Waals surface area contributed by atoms with Crippen LogP contribution in [-0.2, 0) is 9.47 Å². The van der Waals surface area contributed by atoms with Crippen molar-refractivity contribution in [1.29, 1.82) is 0 Å². The maximum Gasteiger partial charge on any atom is 0.157 e. The van der Waals surface area contributed by atoms with Gasteiger partial charge in [0.15, 0.2) is 6.29 Å². The van der Waals surface area contributed by atoms with Gasteiger partial charge in [-0.2, -0.15) is 0 Å². The Hall–Kier alpha value is -0.120. The zero-order valence-corrected chi connectivity index (χ0v) is 21.3. The van der Waals surface area contributed by atoms with E-state index in [0.29, 0.717) is 0 Å². The Morgan fingerprint density at radius 1 is 0.742 bits per heavy atom. The summed E-state index contributed by atoms with van der Waals surface area (Å²) in [7, 11) is 0. The number of aliphatic hydroxyl groups is 1. The van der Waals surface area contributed by atoms with Gasteiger partial charge in [-0.1, -0.05) is 104 Å². The molecule has 0 aromatic carbocycles. The van der Waals surface area contributed by atoms with Crippen molar-refractivity contribution in [3.63, 3.8) is 0 Å². The minimum absolute atomic E-state index is 0.0257. The predicted octanol–water partition coefficient (Wildman–Crippen LogP) is 8.57. The van der Waals surface area contributed by atoms with E-state index in [4.69, 9.17) is 9.47 Å². The molecule has 1 heterocycles. The van der Waals surface area contributed by atoms with Gasteiger partial charge in [0.25, 0.3) is 0 Å². The summed E-state index contributed by atoms with van der Waals surface area (Å²) in [5.74, 6) is 0.722. The minimum atomic E-state index is -0.129. The van der Waals surface area contributed by atoms with E-state index >= 15 is 0 Å². The lowest BCUT2D eigenvalue weighted by atomic mass is 9.88. The normalized spacial score (nSPS) is 18.0. The van der Waals surface area contributed by atoms with Gasteiger partial charge in [-0.25, -0.2) is 0 Å². The lowest BCUT2D eigenvalue weighted by molar-refractivity contribution is -0.162. The standard InChI is InChI=1S/C28H56O3/c1-3-5-7-9-11-13-19-26(20-14-12-10-8-6-4-2)25-27(29)21-15-17-23-30-28-22-16-18-24-31-28/h26-29H,3-25H2,1-2H3/t27-,28-/m1/s1. The summed E-state index contributed by atoms with van der Waals surface area (Å²) >= 11 is 0. The maximum atomic E-state index is 10.6. The van der Waals surface area contributed by atoms with E-state index in [9.17, 15) is 5.11 Å². The minimum Gasteiger partial charge on any atom is -0.393 e. The molecule has 1 saturated heterocycles. The molecular formula is C28H56O3. The summed E-state index contributed by atoms with van der Waals surface area (Å²) in [6, 6.07) is 0. The Bertz CT molecular complexity index is 338. The molecule has 1 N–H and O–H groups in total. The van der Waals surface area contributed by atoms with Crippen molar-refractivity contribution in [3.05, 3.63) is 0 Å². The fraction of sp³-hybridized carbons (Fsp3) is 1.00. The van der Waals surface area contributed by atoms with Crippen LogP contribution in [0.25, 0.3) is 0 Å². The molecule has 0 amide bonds. The van der Waals surface area contributed by atoms with Gasteiger partial charge in [0, 0.05) is 13.2 Å². The molecule has 0 radical (unpaired) electrons. The topological polar surface area (TPSA) is 38.7 Å². The summed E-state index contributed by atoms with van der Waals surface area (Å²) < 4.78 is 11.5. The van der Waals surface area contributed by atoms with Crippen molar-refractivity contribution in [1.82, 2.24) is 0 Å². The highest BCUT2D eigenvalue weighted by Gasteiger charge is 2.16. The molecule has 0 spiro atoms. The summed E-state index contributed by atoms with van der Waals surface area (Å²) in [5, 5.41) is 10.6. The lowest BCUT2D eigenvalue weighted by Gasteiger charge is -2.23. The zero-order valence-electron chi connectivity index (χ0n) is 21.3. The van der Waals surface area contributed by atoms with Crippen molar-refractivity contribution in [3.8, 4) is 0 Å². The molecule has 1 aliphatic heterocycles. The van der Waals surface area contributed by atoms with Crippen LogP contribution in [0.15, 0.2) is 0 Å². The molecule has 1 rings (SSSR count). The number of hydrogen-bond donors (Lipinski definition) is 1. The first-order chi connectivity index (χ1) is 15.3. The van der Waals surface area contributed by atoms with Crippen LogP contribution in [0.4, 0.5) is 0 Å². The highest BCUT2D eigenvalue weighted by Crippen LogP contribution is 2.25. The van der Waals surface area contributed by atoms with E-state index in [1.54, 1.807) is 0 Å². The van der Waals surface area contributed by atoms with Crippen molar-refractivity contribution in [2.45, 2.75) is 161 Å². The third-order valence-corrected chi connectivity index (χ3v) is 6.91. The van der Waals surface area contributed by atoms with E-state index in [0.717, 1.165) is 51.2 Å². The van der Waals surface area contributed by atoms with Crippen molar-refractivity contribution in [2.24, 2.45) is 5.92 Å². The smallest absolute Gasteiger partial charge is 0.157 e. The summed E-state index contributed by atoms with van der Waals surface area (Å²) in [5.41, 5.74) is 0. The molecular weight excluding hydrogens is 384 g/mol. The summed E-state index contributed by atoms with van der Waals surface area (Å²) in [4.78, 5) is 0. The number of rotatable bonds is 22. The van der Waals surface area contributed by atoms with Crippen LogP contribution >= 0.6 is 0 Å². The van der Waals surface area contributed by atoms with Crippen LogP contribution in [0.5, 0.6) is 0 Å². The van der Waals surface area contributed by atoms with Crippen molar-refractivity contribution >= 4 is 0 Å². The highest BCUT2D eigenvalue weighted by atomic mass is 16.7. The Labute approximate surface area is 195 Å². The Balaban J connectivity index is 2.15. The molecule has 186 valence electrons. The number of ether oxygens (including phenoxy) is 2. The number of aliphatic hydroxyl groups excluding tert-OH is 1. The quantitative estimate of drug-likeness (QED) is 0.171. The zero-order chi connectivity index (χ0) is 22.4. The van der Waals surface area contributed by atoms with E-state index in [2.05, 4.69) is 13.8 Å². The molecule has 3 nitrogen and oxygen atoms in total. The maximum absolute atomic E-state index is 10.6. The van der Waals surface area contributed by atoms with Gasteiger partial charge in [0.1, 0.15) is 0 Å². The van der Waals surface area contributed by atoms with Crippen LogP contribution in [0, 0.1) is 5.92 Å². The van der Waals surface area contributed by atoms with Gasteiger partial charge in [-0.15, -0.1) is 0 Å². The van der Waals surface area contributed by atoms with Gasteiger partial charge in [-0.05, 0) is 50.9 Å². The second-order valence-corrected chi connectivity index (χ2v) is 10.0. The second kappa shape index (κ2) is 21.7. The molecule has 31 heavy (non-hydrogen) atoms. The highest BCUT2D eigenvalue weighted by molar-refractivity contribution is 4.67. The molecule has 0 aromatic heterocycles. The molecule has 0 unspecified atom stereocenters. The average Bonchev–Trinajstić information content (AvgIpc) is 2.78. The molecule has 1 aliphatic rings. The first-order valence-electron chi connectivity index (χ1n) is 14.2. The van der Waals surface area contributed by atoms with Crippen LogP contribution in [0.1, 0.15) is 149 Å². The SMILES string of the molecule is CCCCCCCCC(CCCCCCCC)C[C@H](O)CCCCO[C@H]1CCCCO1. The molecule has 0 bridgehead atoms. The van der Waals surface area contributed by atoms with Gasteiger partial charge < -0.3 is 14.6 Å². The van der Waals surface area contributed by atoms with Crippen molar-refractivity contribution in [2.75, 3.05) is 13.2 Å². The number of hydrogen-bond acceptors (Lipinski definition) is 3. The van der Waals surface area contributed by atoms with E-state index in [-0.39, 0.29) is 12.4 Å². The molecule has 0 aliphatic carbocycles. The number of unbranched alkanes of at least 4 members (excludes halogenated alkanes) is 11. The van der Waals surface area contributed by atoms with E-state index in [1.807, 2.05) is 0 Å². The first-order valence-corrected chi connectivity index (χ1v) is 14.2. The van der Waals surface area contributed by atoms with Gasteiger partial charge in [0.2, 0.25) is 0 Å². The van der Waals surface area contributed by atoms with Gasteiger partial charge in [-0.3, -0.25) is 0 Å². The molecule has 2 atom stereocenters. The lowest BCUT2D eigenvalue weighted by Crippen LogP contribution is -2.22. The average molecular weight is 441 g/mol. The molecule has 0 aromatic rings. The third kappa shape index (κ3) is 18.0.